The van der Waals surface area contributed by atoms with Crippen LogP contribution in [0.1, 0.15) is 5.82 Å². The number of rotatable bonds is 0. The van der Waals surface area contributed by atoms with E-state index >= 15 is 0 Å². The number of H-pyrrole nitrogens is 1. The third-order valence-corrected chi connectivity index (χ3v) is 2.16. The number of aromatic amines is 1. The van der Waals surface area contributed by atoms with Crippen LogP contribution in [0, 0.1) is 11.6 Å². The summed E-state index contributed by atoms with van der Waals surface area (Å²) in [5.74, 6) is 0.865. The molecule has 0 amide bonds. The molecule has 0 spiro atoms. The number of imidazole rings is 1. The molecule has 2 aromatic rings. The molecule has 0 saturated carbocycles. The lowest BCUT2D eigenvalue weighted by atomic mass is 10.5. The maximum Gasteiger partial charge on any atom is 0.150 e. The van der Waals surface area contributed by atoms with E-state index in [0.717, 1.165) is 16.9 Å². The molecule has 0 fully saturated rings. The second kappa shape index (κ2) is 2.38. The predicted molar refractivity (Wildman–Crippen MR) is 48.4 cm³/mol. The third kappa shape index (κ3) is 0.937. The van der Waals surface area contributed by atoms with Gasteiger partial charge in [0, 0.05) is 7.05 Å². The SMILES string of the molecule is Cc1nc2c(=S)n(C)ncc2[nH]1. The van der Waals surface area contributed by atoms with Crippen LogP contribution in [0.15, 0.2) is 6.20 Å². The van der Waals surface area contributed by atoms with E-state index in [1.54, 1.807) is 10.9 Å². The van der Waals surface area contributed by atoms with Gasteiger partial charge in [0.2, 0.25) is 0 Å². The van der Waals surface area contributed by atoms with Crippen LogP contribution in [0.5, 0.6) is 0 Å². The minimum Gasteiger partial charge on any atom is -0.341 e. The predicted octanol–water partition coefficient (Wildman–Crippen LogP) is 1.33. The molecule has 0 radical (unpaired) electrons. The average Bonchev–Trinajstić information content (AvgIpc) is 2.39. The van der Waals surface area contributed by atoms with Crippen molar-refractivity contribution in [2.75, 3.05) is 0 Å². The number of nitrogens with one attached hydrogen (secondary N) is 1. The van der Waals surface area contributed by atoms with Crippen LogP contribution in [-0.2, 0) is 7.05 Å². The molecule has 2 aromatic heterocycles. The van der Waals surface area contributed by atoms with E-state index in [9.17, 15) is 0 Å². The smallest absolute Gasteiger partial charge is 0.150 e. The molecule has 0 aromatic carbocycles. The number of hydrogen-bond donors (Lipinski definition) is 1. The summed E-state index contributed by atoms with van der Waals surface area (Å²) in [6.07, 6.45) is 1.73. The molecule has 0 unspecified atom stereocenters. The zero-order valence-corrected chi connectivity index (χ0v) is 7.64. The number of hydrogen-bond acceptors (Lipinski definition) is 3. The number of nitrogens with zero attached hydrogens (tertiary/aromatic N) is 3. The van der Waals surface area contributed by atoms with Gasteiger partial charge in [0.05, 0.1) is 11.7 Å². The van der Waals surface area contributed by atoms with Crippen molar-refractivity contribution in [3.8, 4) is 0 Å². The standard InChI is InChI=1S/C7H8N4S/c1-4-9-5-3-8-11(2)7(12)6(5)10-4/h3H,1-2H3,(H,9,10). The number of aromatic nitrogens is 4. The van der Waals surface area contributed by atoms with Gasteiger partial charge in [-0.3, -0.25) is 4.68 Å². The molecule has 0 aliphatic rings. The highest BCUT2D eigenvalue weighted by Gasteiger charge is 2.01. The van der Waals surface area contributed by atoms with Crippen molar-refractivity contribution in [2.24, 2.45) is 7.05 Å². The summed E-state index contributed by atoms with van der Waals surface area (Å²) in [6.45, 7) is 1.90. The highest BCUT2D eigenvalue weighted by molar-refractivity contribution is 7.71. The summed E-state index contributed by atoms with van der Waals surface area (Å²) in [4.78, 5) is 7.33. The van der Waals surface area contributed by atoms with E-state index < -0.39 is 0 Å². The van der Waals surface area contributed by atoms with Gasteiger partial charge >= 0.3 is 0 Å². The first-order valence-corrected chi connectivity index (χ1v) is 3.98. The summed E-state index contributed by atoms with van der Waals surface area (Å²) in [7, 11) is 1.81. The average molecular weight is 180 g/mol. The van der Waals surface area contributed by atoms with Gasteiger partial charge in [-0.1, -0.05) is 12.2 Å². The van der Waals surface area contributed by atoms with Gasteiger partial charge in [-0.25, -0.2) is 4.98 Å². The number of fused-ring (bicyclic) bond motifs is 1. The van der Waals surface area contributed by atoms with E-state index in [1.807, 2.05) is 14.0 Å². The van der Waals surface area contributed by atoms with Crippen molar-refractivity contribution in [3.63, 3.8) is 0 Å². The Labute approximate surface area is 74.2 Å². The van der Waals surface area contributed by atoms with Gasteiger partial charge in [-0.15, -0.1) is 0 Å². The highest BCUT2D eigenvalue weighted by Crippen LogP contribution is 2.09. The second-order valence-electron chi connectivity index (χ2n) is 2.66. The lowest BCUT2D eigenvalue weighted by Gasteiger charge is -1.94. The maximum atomic E-state index is 5.13. The Balaban J connectivity index is 2.99. The fraction of sp³-hybridized carbons (Fsp3) is 0.286. The first kappa shape index (κ1) is 7.42. The highest BCUT2D eigenvalue weighted by atomic mass is 32.1. The second-order valence-corrected chi connectivity index (χ2v) is 3.04. The zero-order chi connectivity index (χ0) is 8.72. The van der Waals surface area contributed by atoms with Gasteiger partial charge in [-0.05, 0) is 6.92 Å². The van der Waals surface area contributed by atoms with Crippen LogP contribution >= 0.6 is 12.2 Å². The summed E-state index contributed by atoms with van der Waals surface area (Å²) >= 11 is 5.13. The zero-order valence-electron chi connectivity index (χ0n) is 6.83. The molecule has 1 N–H and O–H groups in total. The quantitative estimate of drug-likeness (QED) is 0.622. The van der Waals surface area contributed by atoms with Gasteiger partial charge in [-0.2, -0.15) is 5.10 Å². The van der Waals surface area contributed by atoms with E-state index in [1.165, 1.54) is 0 Å². The molecule has 0 bridgehead atoms. The Kier molecular flexibility index (Phi) is 1.47. The molecule has 2 heterocycles. The van der Waals surface area contributed by atoms with Gasteiger partial charge in [0.1, 0.15) is 16.0 Å². The Morgan fingerprint density at radius 2 is 2.33 bits per heavy atom. The minimum atomic E-state index is 0.664. The molecule has 0 aliphatic carbocycles. The first-order chi connectivity index (χ1) is 5.68. The van der Waals surface area contributed by atoms with Crippen LogP contribution in [0.4, 0.5) is 0 Å². The van der Waals surface area contributed by atoms with Crippen LogP contribution in [0.2, 0.25) is 0 Å². The molecule has 12 heavy (non-hydrogen) atoms. The summed E-state index contributed by atoms with van der Waals surface area (Å²) in [5, 5.41) is 4.06. The molecule has 4 nitrogen and oxygen atoms in total. The van der Waals surface area contributed by atoms with E-state index in [2.05, 4.69) is 15.1 Å². The fourth-order valence-electron chi connectivity index (χ4n) is 1.12. The summed E-state index contributed by atoms with van der Waals surface area (Å²) in [6, 6.07) is 0. The molecular weight excluding hydrogens is 172 g/mol. The van der Waals surface area contributed by atoms with E-state index in [0.29, 0.717) is 4.64 Å². The van der Waals surface area contributed by atoms with Crippen LogP contribution < -0.4 is 0 Å². The first-order valence-electron chi connectivity index (χ1n) is 3.57. The van der Waals surface area contributed by atoms with Crippen molar-refractivity contribution >= 4 is 23.3 Å². The van der Waals surface area contributed by atoms with Crippen LogP contribution in [0.25, 0.3) is 11.0 Å². The van der Waals surface area contributed by atoms with Crippen LogP contribution in [-0.4, -0.2) is 19.7 Å². The largest absolute Gasteiger partial charge is 0.341 e. The van der Waals surface area contributed by atoms with Crippen molar-refractivity contribution in [2.45, 2.75) is 6.92 Å². The molecule has 62 valence electrons. The van der Waals surface area contributed by atoms with Crippen molar-refractivity contribution in [1.29, 1.82) is 0 Å². The third-order valence-electron chi connectivity index (χ3n) is 1.71. The Hall–Kier alpha value is -1.23. The van der Waals surface area contributed by atoms with Gasteiger partial charge in [0.25, 0.3) is 0 Å². The number of aryl methyl sites for hydroxylation is 2. The fourth-order valence-corrected chi connectivity index (χ4v) is 1.32. The minimum absolute atomic E-state index is 0.664. The summed E-state index contributed by atoms with van der Waals surface area (Å²) < 4.78 is 2.30. The lowest BCUT2D eigenvalue weighted by molar-refractivity contribution is 0.735. The van der Waals surface area contributed by atoms with Crippen molar-refractivity contribution in [3.05, 3.63) is 16.7 Å². The van der Waals surface area contributed by atoms with Gasteiger partial charge in [0.15, 0.2) is 0 Å². The Morgan fingerprint density at radius 1 is 1.58 bits per heavy atom. The summed E-state index contributed by atoms with van der Waals surface area (Å²) in [5.41, 5.74) is 1.72. The van der Waals surface area contributed by atoms with Gasteiger partial charge < -0.3 is 4.98 Å². The molecule has 5 heteroatoms. The normalized spacial score (nSPS) is 10.8. The van der Waals surface area contributed by atoms with E-state index in [4.69, 9.17) is 12.2 Å². The Bertz CT molecular complexity index is 482. The monoisotopic (exact) mass is 180 g/mol. The topological polar surface area (TPSA) is 46.5 Å². The van der Waals surface area contributed by atoms with Crippen molar-refractivity contribution in [1.82, 2.24) is 19.7 Å². The van der Waals surface area contributed by atoms with Crippen LogP contribution in [0.3, 0.4) is 0 Å². The van der Waals surface area contributed by atoms with E-state index in [-0.39, 0.29) is 0 Å². The molecule has 0 saturated heterocycles. The molecule has 0 atom stereocenters. The Morgan fingerprint density at radius 3 is 3.08 bits per heavy atom. The lowest BCUT2D eigenvalue weighted by Crippen LogP contribution is -1.97. The molecule has 2 rings (SSSR count). The molecule has 0 aliphatic heterocycles. The van der Waals surface area contributed by atoms with Crippen molar-refractivity contribution < 1.29 is 0 Å². The molecular formula is C7H8N4S. The maximum absolute atomic E-state index is 5.13.